The number of aromatic nitrogens is 1. The molecule has 0 aliphatic rings. The standard InChI is InChI=1S/C18H15FN2O3/c1-10-6-7-11(8-14(10)19)20-16(22)9-13-12-4-2-3-5-15(12)21-17(13)18(23)24/h2-8,21H,9H2,1H3,(H,20,22)(H,23,24)/p-1. The van der Waals surface area contributed by atoms with Crippen LogP contribution >= 0.6 is 0 Å². The van der Waals surface area contributed by atoms with E-state index in [1.807, 2.05) is 0 Å². The number of fused-ring (bicyclic) bond motifs is 1. The summed E-state index contributed by atoms with van der Waals surface area (Å²) in [5, 5.41) is 14.5. The van der Waals surface area contributed by atoms with Crippen molar-refractivity contribution in [2.45, 2.75) is 13.3 Å². The number of benzene rings is 2. The van der Waals surface area contributed by atoms with Crippen LogP contribution in [0.1, 0.15) is 21.6 Å². The highest BCUT2D eigenvalue weighted by Gasteiger charge is 2.15. The van der Waals surface area contributed by atoms with Crippen molar-refractivity contribution in [2.75, 3.05) is 5.32 Å². The minimum absolute atomic E-state index is 0.124. The summed E-state index contributed by atoms with van der Waals surface area (Å²) >= 11 is 0. The second-order valence-corrected chi connectivity index (χ2v) is 5.50. The van der Waals surface area contributed by atoms with E-state index in [1.165, 1.54) is 6.07 Å². The number of rotatable bonds is 4. The average molecular weight is 325 g/mol. The maximum Gasteiger partial charge on any atom is 0.228 e. The summed E-state index contributed by atoms with van der Waals surface area (Å²) < 4.78 is 13.5. The molecule has 3 aromatic rings. The van der Waals surface area contributed by atoms with Crippen LogP contribution in [0.3, 0.4) is 0 Å². The Hall–Kier alpha value is -3.15. The number of nitrogens with one attached hydrogen (secondary N) is 2. The van der Waals surface area contributed by atoms with Crippen LogP contribution in [0.15, 0.2) is 42.5 Å². The molecule has 2 N–H and O–H groups in total. The number of aryl methyl sites for hydroxylation is 1. The zero-order chi connectivity index (χ0) is 17.3. The topological polar surface area (TPSA) is 85.0 Å². The van der Waals surface area contributed by atoms with Crippen molar-refractivity contribution < 1.29 is 19.1 Å². The Bertz CT molecular complexity index is 947. The van der Waals surface area contributed by atoms with Crippen LogP contribution in [0.5, 0.6) is 0 Å². The molecular weight excluding hydrogens is 311 g/mol. The lowest BCUT2D eigenvalue weighted by Crippen LogP contribution is -2.25. The van der Waals surface area contributed by atoms with E-state index in [-0.39, 0.29) is 12.1 Å². The van der Waals surface area contributed by atoms with Gasteiger partial charge in [0.05, 0.1) is 18.1 Å². The van der Waals surface area contributed by atoms with E-state index in [2.05, 4.69) is 10.3 Å². The molecule has 0 atom stereocenters. The molecule has 0 unspecified atom stereocenters. The predicted octanol–water partition coefficient (Wildman–Crippen LogP) is 2.16. The minimum Gasteiger partial charge on any atom is -0.543 e. The van der Waals surface area contributed by atoms with Gasteiger partial charge in [-0.3, -0.25) is 4.79 Å². The number of amides is 1. The van der Waals surface area contributed by atoms with Crippen LogP contribution in [0, 0.1) is 12.7 Å². The summed E-state index contributed by atoms with van der Waals surface area (Å²) in [7, 11) is 0. The zero-order valence-electron chi connectivity index (χ0n) is 12.9. The summed E-state index contributed by atoms with van der Waals surface area (Å²) in [6, 6.07) is 11.3. The molecule has 0 radical (unpaired) electrons. The van der Waals surface area contributed by atoms with Gasteiger partial charge in [-0.25, -0.2) is 4.39 Å². The maximum atomic E-state index is 13.5. The number of halogens is 1. The highest BCUT2D eigenvalue weighted by molar-refractivity contribution is 6.01. The van der Waals surface area contributed by atoms with Crippen molar-refractivity contribution in [1.82, 2.24) is 4.98 Å². The molecule has 3 rings (SSSR count). The van der Waals surface area contributed by atoms with Crippen LogP contribution in [-0.2, 0) is 11.2 Å². The first kappa shape index (κ1) is 15.7. The van der Waals surface area contributed by atoms with E-state index in [4.69, 9.17) is 0 Å². The number of carbonyl (C=O) groups is 2. The van der Waals surface area contributed by atoms with Crippen LogP contribution in [0.4, 0.5) is 10.1 Å². The molecule has 0 bridgehead atoms. The summed E-state index contributed by atoms with van der Waals surface area (Å²) in [6.45, 7) is 1.62. The molecule has 0 aliphatic heterocycles. The molecule has 0 saturated heterocycles. The number of H-pyrrole nitrogens is 1. The highest BCUT2D eigenvalue weighted by atomic mass is 19.1. The average Bonchev–Trinajstić information content (AvgIpc) is 2.90. The number of carbonyl (C=O) groups excluding carboxylic acids is 2. The van der Waals surface area contributed by atoms with Crippen molar-refractivity contribution in [1.29, 1.82) is 0 Å². The third-order valence-corrected chi connectivity index (χ3v) is 3.81. The molecule has 1 aromatic heterocycles. The van der Waals surface area contributed by atoms with E-state index in [1.54, 1.807) is 43.3 Å². The quantitative estimate of drug-likeness (QED) is 0.771. The van der Waals surface area contributed by atoms with E-state index in [0.29, 0.717) is 27.7 Å². The number of aromatic amines is 1. The minimum atomic E-state index is -1.38. The smallest absolute Gasteiger partial charge is 0.228 e. The van der Waals surface area contributed by atoms with Gasteiger partial charge in [0, 0.05) is 16.6 Å². The Kier molecular flexibility index (Phi) is 4.04. The van der Waals surface area contributed by atoms with Crippen LogP contribution < -0.4 is 10.4 Å². The van der Waals surface area contributed by atoms with Gasteiger partial charge < -0.3 is 20.2 Å². The molecule has 0 aliphatic carbocycles. The highest BCUT2D eigenvalue weighted by Crippen LogP contribution is 2.23. The van der Waals surface area contributed by atoms with E-state index in [9.17, 15) is 19.1 Å². The number of hydrogen-bond acceptors (Lipinski definition) is 3. The molecule has 6 heteroatoms. The van der Waals surface area contributed by atoms with Crippen molar-refractivity contribution >= 4 is 28.5 Å². The van der Waals surface area contributed by atoms with Gasteiger partial charge >= 0.3 is 0 Å². The molecular formula is C18H14FN2O3-. The lowest BCUT2D eigenvalue weighted by molar-refractivity contribution is -0.255. The van der Waals surface area contributed by atoms with Crippen molar-refractivity contribution in [3.05, 3.63) is 65.1 Å². The van der Waals surface area contributed by atoms with Crippen molar-refractivity contribution in [3.63, 3.8) is 0 Å². The lowest BCUT2D eigenvalue weighted by atomic mass is 10.1. The number of anilines is 1. The number of aromatic carboxylic acids is 1. The monoisotopic (exact) mass is 325 g/mol. The molecule has 1 amide bonds. The van der Waals surface area contributed by atoms with Crippen LogP contribution in [0.25, 0.3) is 10.9 Å². The normalized spacial score (nSPS) is 10.8. The Balaban J connectivity index is 1.88. The second-order valence-electron chi connectivity index (χ2n) is 5.50. The first-order valence-corrected chi connectivity index (χ1v) is 7.32. The predicted molar refractivity (Wildman–Crippen MR) is 86.1 cm³/mol. The molecule has 5 nitrogen and oxygen atoms in total. The number of carboxylic acid groups (broad SMARTS) is 1. The Morgan fingerprint density at radius 1 is 1.21 bits per heavy atom. The fraction of sp³-hybridized carbons (Fsp3) is 0.111. The second kappa shape index (κ2) is 6.16. The molecule has 2 aromatic carbocycles. The van der Waals surface area contributed by atoms with Crippen molar-refractivity contribution in [2.24, 2.45) is 0 Å². The molecule has 0 fully saturated rings. The molecule has 0 saturated carbocycles. The van der Waals surface area contributed by atoms with Gasteiger partial charge in [0.1, 0.15) is 5.82 Å². The van der Waals surface area contributed by atoms with Gasteiger partial charge in [0.25, 0.3) is 0 Å². The molecule has 0 spiro atoms. The van der Waals surface area contributed by atoms with Crippen molar-refractivity contribution in [3.8, 4) is 0 Å². The SMILES string of the molecule is Cc1ccc(NC(=O)Cc2c(C(=O)[O-])[nH]c3ccccc23)cc1F. The van der Waals surface area contributed by atoms with Gasteiger partial charge in [0.15, 0.2) is 0 Å². The Labute approximate surface area is 137 Å². The van der Waals surface area contributed by atoms with Crippen LogP contribution in [0.2, 0.25) is 0 Å². The molecule has 122 valence electrons. The summed E-state index contributed by atoms with van der Waals surface area (Å²) in [4.78, 5) is 26.3. The Morgan fingerprint density at radius 2 is 1.96 bits per heavy atom. The zero-order valence-corrected chi connectivity index (χ0v) is 12.9. The van der Waals surface area contributed by atoms with Gasteiger partial charge in [-0.05, 0) is 36.2 Å². The first-order chi connectivity index (χ1) is 11.5. The van der Waals surface area contributed by atoms with Crippen LogP contribution in [-0.4, -0.2) is 16.9 Å². The number of para-hydroxylation sites is 1. The third kappa shape index (κ3) is 2.99. The van der Waals surface area contributed by atoms with Gasteiger partial charge in [-0.15, -0.1) is 0 Å². The summed E-state index contributed by atoms with van der Waals surface area (Å²) in [6.07, 6.45) is -0.164. The lowest BCUT2D eigenvalue weighted by Gasteiger charge is -2.08. The summed E-state index contributed by atoms with van der Waals surface area (Å²) in [5.41, 5.74) is 1.62. The summed E-state index contributed by atoms with van der Waals surface area (Å²) in [5.74, 6) is -2.24. The molecule has 1 heterocycles. The Morgan fingerprint density at radius 3 is 2.67 bits per heavy atom. The van der Waals surface area contributed by atoms with Gasteiger partial charge in [-0.2, -0.15) is 0 Å². The van der Waals surface area contributed by atoms with Gasteiger partial charge in [0.2, 0.25) is 5.91 Å². The third-order valence-electron chi connectivity index (χ3n) is 3.81. The fourth-order valence-corrected chi connectivity index (χ4v) is 2.59. The largest absolute Gasteiger partial charge is 0.543 e. The maximum absolute atomic E-state index is 13.5. The first-order valence-electron chi connectivity index (χ1n) is 7.32. The van der Waals surface area contributed by atoms with E-state index in [0.717, 1.165) is 0 Å². The molecule has 24 heavy (non-hydrogen) atoms. The van der Waals surface area contributed by atoms with Gasteiger partial charge in [-0.1, -0.05) is 24.3 Å². The fourth-order valence-electron chi connectivity index (χ4n) is 2.59. The number of hydrogen-bond donors (Lipinski definition) is 2. The van der Waals surface area contributed by atoms with E-state index < -0.39 is 17.7 Å². The number of carboxylic acids is 1. The van der Waals surface area contributed by atoms with E-state index >= 15 is 0 Å².